The Balaban J connectivity index is 2.14. The predicted octanol–water partition coefficient (Wildman–Crippen LogP) is 3.50. The summed E-state index contributed by atoms with van der Waals surface area (Å²) in [6.07, 6.45) is 0. The molecule has 1 heterocycles. The SMILES string of the molecule is Cc1cc(CSCC(C)C(=O)O)c2ccccc2n1. The largest absolute Gasteiger partial charge is 0.481 e. The first-order valence-electron chi connectivity index (χ1n) is 6.23. The minimum atomic E-state index is -0.733. The van der Waals surface area contributed by atoms with Gasteiger partial charge in [0.2, 0.25) is 0 Å². The molecule has 0 aliphatic carbocycles. The summed E-state index contributed by atoms with van der Waals surface area (Å²) in [6.45, 7) is 3.73. The van der Waals surface area contributed by atoms with Crippen molar-refractivity contribution in [3.8, 4) is 0 Å². The van der Waals surface area contributed by atoms with Crippen LogP contribution in [0.4, 0.5) is 0 Å². The molecule has 1 unspecified atom stereocenters. The monoisotopic (exact) mass is 275 g/mol. The second-order valence-electron chi connectivity index (χ2n) is 4.69. The van der Waals surface area contributed by atoms with E-state index in [1.165, 1.54) is 5.56 Å². The number of benzene rings is 1. The average Bonchev–Trinajstić information content (AvgIpc) is 2.38. The number of pyridine rings is 1. The molecule has 0 radical (unpaired) electrons. The lowest BCUT2D eigenvalue weighted by Crippen LogP contribution is -2.11. The Morgan fingerprint density at radius 2 is 2.16 bits per heavy atom. The normalized spacial score (nSPS) is 12.5. The van der Waals surface area contributed by atoms with Gasteiger partial charge in [0.1, 0.15) is 0 Å². The molecule has 1 atom stereocenters. The fourth-order valence-electron chi connectivity index (χ4n) is 1.93. The van der Waals surface area contributed by atoms with Crippen LogP contribution in [0, 0.1) is 12.8 Å². The Morgan fingerprint density at radius 3 is 2.89 bits per heavy atom. The number of nitrogens with zero attached hydrogens (tertiary/aromatic N) is 1. The predicted molar refractivity (Wildman–Crippen MR) is 79.4 cm³/mol. The Labute approximate surface area is 117 Å². The van der Waals surface area contributed by atoms with Crippen molar-refractivity contribution in [2.45, 2.75) is 19.6 Å². The second kappa shape index (κ2) is 6.06. The number of fused-ring (bicyclic) bond motifs is 1. The van der Waals surface area contributed by atoms with Gasteiger partial charge in [0, 0.05) is 22.6 Å². The number of hydrogen-bond donors (Lipinski definition) is 1. The highest BCUT2D eigenvalue weighted by molar-refractivity contribution is 7.98. The highest BCUT2D eigenvalue weighted by Gasteiger charge is 2.11. The lowest BCUT2D eigenvalue weighted by atomic mass is 10.1. The van der Waals surface area contributed by atoms with Crippen molar-refractivity contribution in [3.63, 3.8) is 0 Å². The van der Waals surface area contributed by atoms with Gasteiger partial charge in [0.05, 0.1) is 11.4 Å². The van der Waals surface area contributed by atoms with Crippen molar-refractivity contribution in [2.24, 2.45) is 5.92 Å². The molecule has 1 N–H and O–H groups in total. The van der Waals surface area contributed by atoms with Crippen molar-refractivity contribution in [1.82, 2.24) is 4.98 Å². The number of aliphatic carboxylic acids is 1. The van der Waals surface area contributed by atoms with Gasteiger partial charge in [0.15, 0.2) is 0 Å². The molecule has 0 fully saturated rings. The van der Waals surface area contributed by atoms with E-state index in [4.69, 9.17) is 5.11 Å². The van der Waals surface area contributed by atoms with E-state index in [1.54, 1.807) is 18.7 Å². The lowest BCUT2D eigenvalue weighted by Gasteiger charge is -2.09. The molecule has 3 nitrogen and oxygen atoms in total. The maximum absolute atomic E-state index is 10.8. The molecule has 0 bridgehead atoms. The summed E-state index contributed by atoms with van der Waals surface area (Å²) in [5, 5.41) is 10.0. The first-order valence-corrected chi connectivity index (χ1v) is 7.39. The number of rotatable bonds is 5. The average molecular weight is 275 g/mol. The van der Waals surface area contributed by atoms with E-state index < -0.39 is 5.97 Å². The third-order valence-corrected chi connectivity index (χ3v) is 4.23. The van der Waals surface area contributed by atoms with Crippen LogP contribution in [0.25, 0.3) is 10.9 Å². The Morgan fingerprint density at radius 1 is 1.42 bits per heavy atom. The summed E-state index contributed by atoms with van der Waals surface area (Å²) in [6, 6.07) is 10.2. The van der Waals surface area contributed by atoms with Gasteiger partial charge in [-0.1, -0.05) is 25.1 Å². The number of aryl methyl sites for hydroxylation is 1. The molecule has 0 saturated carbocycles. The van der Waals surface area contributed by atoms with Gasteiger partial charge in [-0.3, -0.25) is 9.78 Å². The van der Waals surface area contributed by atoms with Gasteiger partial charge < -0.3 is 5.11 Å². The summed E-state index contributed by atoms with van der Waals surface area (Å²) in [7, 11) is 0. The molecule has 0 aliphatic rings. The third kappa shape index (κ3) is 3.47. The van der Waals surface area contributed by atoms with E-state index in [2.05, 4.69) is 17.1 Å². The van der Waals surface area contributed by atoms with Gasteiger partial charge in [0.25, 0.3) is 0 Å². The molecule has 19 heavy (non-hydrogen) atoms. The highest BCUT2D eigenvalue weighted by Crippen LogP contribution is 2.23. The zero-order valence-corrected chi connectivity index (χ0v) is 11.9. The van der Waals surface area contributed by atoms with Crippen LogP contribution in [-0.4, -0.2) is 21.8 Å². The molecule has 4 heteroatoms. The maximum atomic E-state index is 10.8. The fraction of sp³-hybridized carbons (Fsp3) is 0.333. The van der Waals surface area contributed by atoms with Crippen molar-refractivity contribution in [2.75, 3.05) is 5.75 Å². The third-order valence-electron chi connectivity index (χ3n) is 2.98. The zero-order valence-electron chi connectivity index (χ0n) is 11.1. The standard InChI is InChI=1S/C15H17NO2S/c1-10(15(17)18)8-19-9-12-7-11(2)16-14-6-4-3-5-13(12)14/h3-7,10H,8-9H2,1-2H3,(H,17,18). The van der Waals surface area contributed by atoms with Gasteiger partial charge in [-0.05, 0) is 24.6 Å². The first-order chi connectivity index (χ1) is 9.08. The summed E-state index contributed by atoms with van der Waals surface area (Å²) in [5.41, 5.74) is 3.23. The molecule has 0 saturated heterocycles. The van der Waals surface area contributed by atoms with E-state index in [-0.39, 0.29) is 5.92 Å². The van der Waals surface area contributed by atoms with E-state index in [1.807, 2.05) is 25.1 Å². The van der Waals surface area contributed by atoms with Crippen molar-refractivity contribution in [3.05, 3.63) is 41.6 Å². The van der Waals surface area contributed by atoms with Gasteiger partial charge >= 0.3 is 5.97 Å². The zero-order chi connectivity index (χ0) is 13.8. The molecule has 1 aromatic carbocycles. The topological polar surface area (TPSA) is 50.2 Å². The molecular formula is C15H17NO2S. The van der Waals surface area contributed by atoms with E-state index in [9.17, 15) is 4.79 Å². The van der Waals surface area contributed by atoms with Gasteiger partial charge in [-0.15, -0.1) is 0 Å². The summed E-state index contributed by atoms with van der Waals surface area (Å²) in [4.78, 5) is 15.3. The molecule has 2 aromatic rings. The lowest BCUT2D eigenvalue weighted by molar-refractivity contribution is -0.140. The summed E-state index contributed by atoms with van der Waals surface area (Å²) < 4.78 is 0. The van der Waals surface area contributed by atoms with Crippen LogP contribution >= 0.6 is 11.8 Å². The number of hydrogen-bond acceptors (Lipinski definition) is 3. The van der Waals surface area contributed by atoms with Crippen LogP contribution in [0.5, 0.6) is 0 Å². The molecule has 100 valence electrons. The number of aromatic nitrogens is 1. The molecule has 1 aromatic heterocycles. The minimum absolute atomic E-state index is 0.306. The Hall–Kier alpha value is -1.55. The smallest absolute Gasteiger partial charge is 0.307 e. The minimum Gasteiger partial charge on any atom is -0.481 e. The molecule has 0 spiro atoms. The quantitative estimate of drug-likeness (QED) is 0.907. The van der Waals surface area contributed by atoms with Gasteiger partial charge in [-0.2, -0.15) is 11.8 Å². The summed E-state index contributed by atoms with van der Waals surface area (Å²) >= 11 is 1.66. The second-order valence-corrected chi connectivity index (χ2v) is 5.72. The van der Waals surface area contributed by atoms with Crippen LogP contribution in [0.1, 0.15) is 18.2 Å². The highest BCUT2D eigenvalue weighted by atomic mass is 32.2. The summed E-state index contributed by atoms with van der Waals surface area (Å²) in [5.74, 6) is 0.412. The fourth-order valence-corrected chi connectivity index (χ4v) is 3.00. The molecule has 0 amide bonds. The molecular weight excluding hydrogens is 258 g/mol. The van der Waals surface area contributed by atoms with Crippen molar-refractivity contribution >= 4 is 28.6 Å². The molecule has 0 aliphatic heterocycles. The van der Waals surface area contributed by atoms with E-state index in [0.717, 1.165) is 22.3 Å². The Kier molecular flexibility index (Phi) is 4.43. The number of carbonyl (C=O) groups is 1. The van der Waals surface area contributed by atoms with Crippen LogP contribution in [0.15, 0.2) is 30.3 Å². The van der Waals surface area contributed by atoms with Crippen LogP contribution in [0.3, 0.4) is 0 Å². The number of thioether (sulfide) groups is 1. The number of para-hydroxylation sites is 1. The Bertz CT molecular complexity index is 598. The van der Waals surface area contributed by atoms with Crippen molar-refractivity contribution < 1.29 is 9.90 Å². The van der Waals surface area contributed by atoms with E-state index in [0.29, 0.717) is 5.75 Å². The number of carboxylic acids is 1. The van der Waals surface area contributed by atoms with E-state index >= 15 is 0 Å². The first kappa shape index (κ1) is 13.9. The number of carboxylic acid groups (broad SMARTS) is 1. The van der Waals surface area contributed by atoms with Crippen LogP contribution in [-0.2, 0) is 10.5 Å². The van der Waals surface area contributed by atoms with Crippen LogP contribution in [0.2, 0.25) is 0 Å². The molecule has 2 rings (SSSR count). The van der Waals surface area contributed by atoms with Crippen molar-refractivity contribution in [1.29, 1.82) is 0 Å². The maximum Gasteiger partial charge on any atom is 0.307 e. The van der Waals surface area contributed by atoms with Gasteiger partial charge in [-0.25, -0.2) is 0 Å². The van der Waals surface area contributed by atoms with Crippen LogP contribution < -0.4 is 0 Å².